The van der Waals surface area contributed by atoms with Gasteiger partial charge >= 0.3 is 5.97 Å². The van der Waals surface area contributed by atoms with Gasteiger partial charge in [-0.2, -0.15) is 0 Å². The Balaban J connectivity index is 0.632. The van der Waals surface area contributed by atoms with Gasteiger partial charge in [-0.05, 0) is 177 Å². The lowest BCUT2D eigenvalue weighted by molar-refractivity contribution is -0.151. The molecule has 434 valence electrons. The number of allylic oxidation sites excluding steroid dienone is 1. The first kappa shape index (κ1) is 60.7. The summed E-state index contributed by atoms with van der Waals surface area (Å²) in [6, 6.07) is 22.1. The molecule has 4 aliphatic rings. The smallest absolute Gasteiger partial charge is 0.306 e. The van der Waals surface area contributed by atoms with Crippen LogP contribution in [0.1, 0.15) is 253 Å². The number of carbonyl (C=O) groups is 1. The molecule has 3 fully saturated rings. The minimum Gasteiger partial charge on any atom is -0.494 e. The second-order valence-electron chi connectivity index (χ2n) is 26.3. The summed E-state index contributed by atoms with van der Waals surface area (Å²) in [5.41, 5.74) is 6.82. The van der Waals surface area contributed by atoms with Gasteiger partial charge in [0.2, 0.25) is 5.89 Å². The molecule has 4 aliphatic carbocycles. The highest BCUT2D eigenvalue weighted by Crippen LogP contribution is 2.67. The molecule has 0 amide bonds. The highest BCUT2D eigenvalue weighted by molar-refractivity contribution is 5.82. The number of aliphatic imine (C=N–C) groups is 1. The molecular formula is C72H106N2O5. The van der Waals surface area contributed by atoms with Crippen LogP contribution in [0.5, 0.6) is 11.5 Å². The molecule has 3 saturated carbocycles. The summed E-state index contributed by atoms with van der Waals surface area (Å²) >= 11 is 0. The number of rotatable bonds is 35. The Labute approximate surface area is 479 Å². The fraction of sp³-hybridized carbons (Fsp3) is 0.681. The van der Waals surface area contributed by atoms with Gasteiger partial charge in [0.05, 0.1) is 18.9 Å². The normalized spacial score (nSPS) is 24.1. The summed E-state index contributed by atoms with van der Waals surface area (Å²) in [6.45, 7) is 16.4. The lowest BCUT2D eigenvalue weighted by Crippen LogP contribution is -2.51. The van der Waals surface area contributed by atoms with Crippen molar-refractivity contribution in [2.75, 3.05) is 13.2 Å². The van der Waals surface area contributed by atoms with Crippen LogP contribution in [0.4, 0.5) is 5.69 Å². The van der Waals surface area contributed by atoms with Crippen LogP contribution < -0.4 is 9.47 Å². The molecule has 0 radical (unpaired) electrons. The molecule has 3 aromatic carbocycles. The number of oxazole rings is 1. The second-order valence-corrected chi connectivity index (χ2v) is 26.3. The maximum absolute atomic E-state index is 13.0. The molecule has 0 N–H and O–H groups in total. The van der Waals surface area contributed by atoms with Crippen molar-refractivity contribution in [2.24, 2.45) is 51.3 Å². The standard InChI is InChI=1S/C72H106N2O5/c1-7-8-9-10-11-12-13-14-16-19-23-26-50-77-61-40-44-67-68(52-61)79-70(74-67)57-33-36-59(37-34-57)73-53-56-31-38-60(39-32-56)76-49-25-22-20-17-15-18-21-24-30-69(75)78-62-45-47-71(5)58(51-62)35-41-63-65-43-42-64(55(4)29-27-28-54(2)3)72(65,6)48-46-66(63)71/h31-40,44,52-55,62-66H,7-30,41-43,45-51H2,1-6H3/t55-,62?,63+,64-,65+,66+,71+,72-/m1/s1. The maximum atomic E-state index is 13.0. The van der Waals surface area contributed by atoms with Gasteiger partial charge in [0.1, 0.15) is 23.1 Å². The molecule has 7 nitrogen and oxygen atoms in total. The molecule has 1 heterocycles. The zero-order valence-electron chi connectivity index (χ0n) is 50.5. The third kappa shape index (κ3) is 17.6. The Bertz CT molecular complexity index is 2470. The zero-order chi connectivity index (χ0) is 55.3. The van der Waals surface area contributed by atoms with Crippen molar-refractivity contribution in [3.63, 3.8) is 0 Å². The summed E-state index contributed by atoms with van der Waals surface area (Å²) in [5, 5.41) is 0. The minimum absolute atomic E-state index is 0.0262. The quantitative estimate of drug-likeness (QED) is 0.0198. The van der Waals surface area contributed by atoms with Crippen molar-refractivity contribution >= 4 is 29.0 Å². The van der Waals surface area contributed by atoms with E-state index >= 15 is 0 Å². The van der Waals surface area contributed by atoms with Crippen LogP contribution in [-0.2, 0) is 9.53 Å². The zero-order valence-corrected chi connectivity index (χ0v) is 50.5. The van der Waals surface area contributed by atoms with Gasteiger partial charge in [0, 0.05) is 30.7 Å². The molecule has 8 atom stereocenters. The minimum atomic E-state index is 0.0262. The molecule has 1 unspecified atom stereocenters. The van der Waals surface area contributed by atoms with Crippen molar-refractivity contribution in [2.45, 2.75) is 253 Å². The summed E-state index contributed by atoms with van der Waals surface area (Å²) in [4.78, 5) is 22.5. The van der Waals surface area contributed by atoms with E-state index in [0.29, 0.717) is 23.1 Å². The van der Waals surface area contributed by atoms with E-state index in [1.54, 1.807) is 5.57 Å². The van der Waals surface area contributed by atoms with Crippen molar-refractivity contribution in [1.82, 2.24) is 4.98 Å². The van der Waals surface area contributed by atoms with E-state index in [1.165, 1.54) is 161 Å². The van der Waals surface area contributed by atoms with E-state index in [-0.39, 0.29) is 12.1 Å². The van der Waals surface area contributed by atoms with E-state index in [1.807, 2.05) is 60.8 Å². The van der Waals surface area contributed by atoms with Crippen molar-refractivity contribution in [3.8, 4) is 23.0 Å². The first-order valence-electron chi connectivity index (χ1n) is 32.8. The number of carbonyl (C=O) groups excluding carboxylic acids is 1. The van der Waals surface area contributed by atoms with E-state index in [0.717, 1.165) is 127 Å². The van der Waals surface area contributed by atoms with E-state index in [2.05, 4.69) is 59.8 Å². The summed E-state index contributed by atoms with van der Waals surface area (Å²) in [7, 11) is 0. The molecule has 4 aromatic rings. The number of benzene rings is 3. The Morgan fingerprint density at radius 3 is 1.99 bits per heavy atom. The molecule has 1 aromatic heterocycles. The van der Waals surface area contributed by atoms with E-state index in [4.69, 9.17) is 28.6 Å². The molecule has 0 saturated heterocycles. The number of fused-ring (bicyclic) bond motifs is 6. The van der Waals surface area contributed by atoms with Crippen LogP contribution >= 0.6 is 0 Å². The first-order valence-corrected chi connectivity index (χ1v) is 32.8. The summed E-state index contributed by atoms with van der Waals surface area (Å²) in [6.07, 6.45) is 44.7. The fourth-order valence-corrected chi connectivity index (χ4v) is 15.4. The number of hydrogen-bond donors (Lipinski definition) is 0. The van der Waals surface area contributed by atoms with Crippen molar-refractivity contribution < 1.29 is 23.4 Å². The topological polar surface area (TPSA) is 83.2 Å². The molecule has 0 bridgehead atoms. The SMILES string of the molecule is CCCCCCCCCCCCCCOc1ccc2nc(-c3ccc(N=Cc4ccc(OCCCCCCCCCCC(=O)OC5CC[C@@]6(C)C(=CC[C@H]7[C@@H]8CC[C@H]([C@H](C)CCCC(C)C)[C@@]8(C)CC[C@@H]76)C5)cc4)cc3)oc2c1. The van der Waals surface area contributed by atoms with Gasteiger partial charge in [0.15, 0.2) is 5.58 Å². The third-order valence-corrected chi connectivity index (χ3v) is 20.1. The van der Waals surface area contributed by atoms with Gasteiger partial charge in [0.25, 0.3) is 0 Å². The molecule has 0 spiro atoms. The average molecular weight is 1080 g/mol. The second kappa shape index (κ2) is 31.2. The van der Waals surface area contributed by atoms with Crippen LogP contribution in [0.25, 0.3) is 22.6 Å². The average Bonchev–Trinajstić information content (AvgIpc) is 4.30. The molecule has 7 heteroatoms. The van der Waals surface area contributed by atoms with Gasteiger partial charge in [-0.15, -0.1) is 0 Å². The summed E-state index contributed by atoms with van der Waals surface area (Å²) < 4.78 is 24.5. The lowest BCUT2D eigenvalue weighted by atomic mass is 9.47. The number of unbranched alkanes of at least 4 members (excludes halogenated alkanes) is 18. The van der Waals surface area contributed by atoms with E-state index in [9.17, 15) is 4.79 Å². The highest BCUT2D eigenvalue weighted by Gasteiger charge is 2.59. The first-order chi connectivity index (χ1) is 38.5. The molecule has 0 aliphatic heterocycles. The fourth-order valence-electron chi connectivity index (χ4n) is 15.4. The van der Waals surface area contributed by atoms with Crippen LogP contribution in [-0.4, -0.2) is 36.5 Å². The summed E-state index contributed by atoms with van der Waals surface area (Å²) in [5.74, 6) is 7.48. The predicted molar refractivity (Wildman–Crippen MR) is 330 cm³/mol. The Morgan fingerprint density at radius 1 is 0.684 bits per heavy atom. The Morgan fingerprint density at radius 2 is 1.32 bits per heavy atom. The van der Waals surface area contributed by atoms with Crippen molar-refractivity contribution in [3.05, 3.63) is 83.9 Å². The molecular weight excluding hydrogens is 973 g/mol. The van der Waals surface area contributed by atoms with Gasteiger partial charge in [-0.3, -0.25) is 9.79 Å². The van der Waals surface area contributed by atoms with Crippen LogP contribution in [0.15, 0.2) is 87.8 Å². The van der Waals surface area contributed by atoms with E-state index < -0.39 is 0 Å². The number of hydrogen-bond acceptors (Lipinski definition) is 7. The Kier molecular flexibility index (Phi) is 23.9. The molecule has 79 heavy (non-hydrogen) atoms. The van der Waals surface area contributed by atoms with Gasteiger partial charge < -0.3 is 18.6 Å². The Hall–Kier alpha value is -4.39. The van der Waals surface area contributed by atoms with Gasteiger partial charge in [-0.25, -0.2) is 4.98 Å². The predicted octanol–water partition coefficient (Wildman–Crippen LogP) is 21.2. The third-order valence-electron chi connectivity index (χ3n) is 20.1. The number of aromatic nitrogens is 1. The highest BCUT2D eigenvalue weighted by atomic mass is 16.5. The van der Waals surface area contributed by atoms with Crippen molar-refractivity contribution in [1.29, 1.82) is 0 Å². The van der Waals surface area contributed by atoms with Crippen LogP contribution in [0, 0.1) is 46.3 Å². The number of ether oxygens (including phenoxy) is 3. The molecule has 8 rings (SSSR count). The lowest BCUT2D eigenvalue weighted by Gasteiger charge is -2.58. The largest absolute Gasteiger partial charge is 0.494 e. The number of esters is 1. The maximum Gasteiger partial charge on any atom is 0.306 e. The van der Waals surface area contributed by atoms with Gasteiger partial charge in [-0.1, -0.05) is 182 Å². The monoisotopic (exact) mass is 1080 g/mol. The van der Waals surface area contributed by atoms with Crippen LogP contribution in [0.3, 0.4) is 0 Å². The number of nitrogens with zero attached hydrogens (tertiary/aromatic N) is 2. The van der Waals surface area contributed by atoms with Crippen LogP contribution in [0.2, 0.25) is 0 Å².